The fourth-order valence-electron chi connectivity index (χ4n) is 10.7. The summed E-state index contributed by atoms with van der Waals surface area (Å²) in [6.45, 7) is 10.7. The van der Waals surface area contributed by atoms with Crippen molar-refractivity contribution in [2.24, 2.45) is 52.1 Å². The van der Waals surface area contributed by atoms with Crippen LogP contribution in [0.2, 0.25) is 0 Å². The van der Waals surface area contributed by atoms with E-state index in [0.717, 1.165) is 55.0 Å². The summed E-state index contributed by atoms with van der Waals surface area (Å²) in [6, 6.07) is 6.53. The van der Waals surface area contributed by atoms with Crippen LogP contribution in [0.4, 0.5) is 0 Å². The Morgan fingerprint density at radius 2 is 1.76 bits per heavy atom. The Morgan fingerprint density at radius 1 is 1.02 bits per heavy atom. The Morgan fingerprint density at radius 3 is 2.51 bits per heavy atom. The lowest BCUT2D eigenvalue weighted by Crippen LogP contribution is -2.55. The van der Waals surface area contributed by atoms with Crippen molar-refractivity contribution < 1.29 is 19.1 Å². The van der Waals surface area contributed by atoms with Gasteiger partial charge in [-0.25, -0.2) is 4.79 Å². The first-order valence-corrected chi connectivity index (χ1v) is 17.8. The van der Waals surface area contributed by atoms with Gasteiger partial charge in [0.25, 0.3) is 0 Å². The number of H-pyrrole nitrogens is 1. The number of rotatable bonds is 9. The number of aromatic nitrogens is 1. The minimum absolute atomic E-state index is 0.0103. The van der Waals surface area contributed by atoms with Crippen molar-refractivity contribution in [3.8, 4) is 0 Å². The van der Waals surface area contributed by atoms with Crippen LogP contribution >= 0.6 is 0 Å². The van der Waals surface area contributed by atoms with Crippen LogP contribution in [0, 0.1) is 46.3 Å². The third kappa shape index (κ3) is 5.76. The van der Waals surface area contributed by atoms with Gasteiger partial charge in [0, 0.05) is 29.4 Å². The quantitative estimate of drug-likeness (QED) is 0.270. The van der Waals surface area contributed by atoms with Crippen LogP contribution < -0.4 is 11.1 Å². The van der Waals surface area contributed by atoms with Gasteiger partial charge in [0.2, 0.25) is 5.91 Å². The van der Waals surface area contributed by atoms with Crippen molar-refractivity contribution in [1.82, 2.24) is 10.3 Å². The van der Waals surface area contributed by atoms with Gasteiger partial charge >= 0.3 is 5.97 Å². The molecule has 0 bridgehead atoms. The molecule has 0 saturated heterocycles. The first-order valence-electron chi connectivity index (χ1n) is 17.8. The number of aromatic amines is 1. The van der Waals surface area contributed by atoms with Crippen molar-refractivity contribution in [2.75, 3.05) is 0 Å². The van der Waals surface area contributed by atoms with Gasteiger partial charge in [-0.1, -0.05) is 52.3 Å². The van der Waals surface area contributed by atoms with Crippen LogP contribution in [0.3, 0.4) is 0 Å². The maximum atomic E-state index is 13.9. The predicted molar refractivity (Wildman–Crippen MR) is 177 cm³/mol. The fourth-order valence-corrected chi connectivity index (χ4v) is 10.7. The van der Waals surface area contributed by atoms with E-state index in [9.17, 15) is 14.4 Å². The molecule has 1 heterocycles. The van der Waals surface area contributed by atoms with Crippen molar-refractivity contribution in [2.45, 2.75) is 123 Å². The van der Waals surface area contributed by atoms with E-state index in [1.165, 1.54) is 25.7 Å². The molecular weight excluding hydrogens is 562 g/mol. The average molecular weight is 618 g/mol. The molecule has 4 saturated carbocycles. The van der Waals surface area contributed by atoms with Crippen LogP contribution in [0.25, 0.3) is 10.9 Å². The maximum Gasteiger partial charge on any atom is 0.329 e. The fraction of sp³-hybridized carbons (Fsp3) is 0.711. The summed E-state index contributed by atoms with van der Waals surface area (Å²) in [5.74, 6) is 2.56. The van der Waals surface area contributed by atoms with E-state index in [1.54, 1.807) is 0 Å². The number of nitrogens with one attached hydrogen (secondary N) is 2. The molecule has 4 fully saturated rings. The van der Waals surface area contributed by atoms with Gasteiger partial charge in [-0.05, 0) is 117 Å². The SMILES string of the molecule is CCC(C)[C@H](N)C(=O)N[C@@H](Cc1c[nH]c2ccccc12)C(=O)O[C@@H]1CC[C@@]2(C)[C@@H](CC[C@@H]3[C@@H]2CC[C@]2(C)[C@@H](C(C)=O)CC[C@@H]32)C1. The molecule has 0 aliphatic heterocycles. The number of ether oxygens (including phenoxy) is 1. The van der Waals surface area contributed by atoms with E-state index in [2.05, 4.69) is 24.1 Å². The number of ketones is 1. The van der Waals surface area contributed by atoms with Crippen molar-refractivity contribution in [1.29, 1.82) is 0 Å². The molecule has 45 heavy (non-hydrogen) atoms. The van der Waals surface area contributed by atoms with Crippen molar-refractivity contribution in [3.63, 3.8) is 0 Å². The van der Waals surface area contributed by atoms with Gasteiger partial charge in [0.1, 0.15) is 17.9 Å². The zero-order valence-corrected chi connectivity index (χ0v) is 28.1. The summed E-state index contributed by atoms with van der Waals surface area (Å²) in [4.78, 5) is 42.9. The molecule has 1 unspecified atom stereocenters. The first-order chi connectivity index (χ1) is 21.5. The normalized spacial score (nSPS) is 36.2. The molecule has 4 aliphatic carbocycles. The second-order valence-electron chi connectivity index (χ2n) is 15.8. The smallest absolute Gasteiger partial charge is 0.329 e. The van der Waals surface area contributed by atoms with Crippen LogP contribution in [-0.2, 0) is 25.5 Å². The lowest BCUT2D eigenvalue weighted by Gasteiger charge is -2.61. The zero-order valence-electron chi connectivity index (χ0n) is 28.1. The lowest BCUT2D eigenvalue weighted by atomic mass is 9.44. The summed E-state index contributed by atoms with van der Waals surface area (Å²) in [7, 11) is 0. The van der Waals surface area contributed by atoms with Gasteiger partial charge in [0.15, 0.2) is 0 Å². The Kier molecular flexibility index (Phi) is 8.97. The minimum Gasteiger partial charge on any atom is -0.461 e. The zero-order chi connectivity index (χ0) is 32.1. The van der Waals surface area contributed by atoms with Crippen LogP contribution in [0.15, 0.2) is 30.5 Å². The van der Waals surface area contributed by atoms with Gasteiger partial charge in [-0.2, -0.15) is 0 Å². The van der Waals surface area contributed by atoms with E-state index in [-0.39, 0.29) is 40.6 Å². The number of hydrogen-bond acceptors (Lipinski definition) is 5. The summed E-state index contributed by atoms with van der Waals surface area (Å²) >= 11 is 0. The number of fused-ring (bicyclic) bond motifs is 6. The molecule has 0 spiro atoms. The summed E-state index contributed by atoms with van der Waals surface area (Å²) in [6.07, 6.45) is 12.8. The number of Topliss-reactive ketones (excluding diaryl/α,β-unsaturated/α-hetero) is 1. The highest BCUT2D eigenvalue weighted by Crippen LogP contribution is 2.67. The molecule has 7 nitrogen and oxygen atoms in total. The molecule has 1 amide bonds. The van der Waals surface area contributed by atoms with Crippen LogP contribution in [0.1, 0.15) is 104 Å². The highest BCUT2D eigenvalue weighted by molar-refractivity contribution is 5.89. The van der Waals surface area contributed by atoms with E-state index in [0.29, 0.717) is 35.9 Å². The topological polar surface area (TPSA) is 114 Å². The Bertz CT molecular complexity index is 1420. The van der Waals surface area contributed by atoms with Crippen LogP contribution in [0.5, 0.6) is 0 Å². The van der Waals surface area contributed by atoms with Gasteiger partial charge in [0.05, 0.1) is 6.04 Å². The van der Waals surface area contributed by atoms with Gasteiger partial charge in [-0.15, -0.1) is 0 Å². The van der Waals surface area contributed by atoms with E-state index in [4.69, 9.17) is 10.5 Å². The molecule has 2 aromatic rings. The molecule has 4 aliphatic rings. The largest absolute Gasteiger partial charge is 0.461 e. The predicted octanol–water partition coefficient (Wildman–Crippen LogP) is 6.73. The van der Waals surface area contributed by atoms with Gasteiger partial charge in [-0.3, -0.25) is 9.59 Å². The second-order valence-corrected chi connectivity index (χ2v) is 15.8. The van der Waals surface area contributed by atoms with E-state index >= 15 is 0 Å². The molecule has 11 atom stereocenters. The third-order valence-electron chi connectivity index (χ3n) is 13.7. The van der Waals surface area contributed by atoms with Gasteiger partial charge < -0.3 is 20.8 Å². The van der Waals surface area contributed by atoms with Crippen molar-refractivity contribution >= 4 is 28.6 Å². The summed E-state index contributed by atoms with van der Waals surface area (Å²) in [5, 5.41) is 4.03. The molecule has 246 valence electrons. The first kappa shape index (κ1) is 32.3. The molecule has 1 aromatic carbocycles. The molecule has 0 radical (unpaired) electrons. The number of esters is 1. The lowest BCUT2D eigenvalue weighted by molar-refractivity contribution is -0.165. The number of carbonyl (C=O) groups excluding carboxylic acids is 3. The Labute approximate surface area is 269 Å². The second kappa shape index (κ2) is 12.5. The number of nitrogens with two attached hydrogens (primary N) is 1. The van der Waals surface area contributed by atoms with E-state index in [1.807, 2.05) is 51.2 Å². The number of benzene rings is 1. The summed E-state index contributed by atoms with van der Waals surface area (Å²) in [5.41, 5.74) is 8.68. The molecule has 1 aromatic heterocycles. The molecular formula is C38H55N3O4. The minimum atomic E-state index is -0.802. The average Bonchev–Trinajstić information content (AvgIpc) is 3.60. The number of para-hydroxylation sites is 1. The molecule has 6 rings (SSSR count). The van der Waals surface area contributed by atoms with Crippen LogP contribution in [-0.4, -0.2) is 40.8 Å². The van der Waals surface area contributed by atoms with E-state index < -0.39 is 12.1 Å². The monoisotopic (exact) mass is 617 g/mol. The molecule has 4 N–H and O–H groups in total. The standard InChI is InChI=1S/C38H55N3O4/c1-6-22(2)34(39)35(43)41-33(19-24-21-40-32-10-8-7-9-27(24)32)36(44)45-26-15-17-37(4)25(20-26)11-12-28-30-14-13-29(23(3)42)38(30,5)18-16-31(28)37/h7-10,21-22,25-26,28-31,33-34,40H,6,11-20,39H2,1-5H3,(H,41,43)/t22?,25-,26+,28-,29+,30-,31-,33-,34-,37-,38+/m0/s1. The third-order valence-corrected chi connectivity index (χ3v) is 13.7. The number of carbonyl (C=O) groups is 3. The highest BCUT2D eigenvalue weighted by Gasteiger charge is 2.61. The number of amides is 1. The summed E-state index contributed by atoms with van der Waals surface area (Å²) < 4.78 is 6.30. The maximum absolute atomic E-state index is 13.9. The highest BCUT2D eigenvalue weighted by atomic mass is 16.5. The molecule has 7 heteroatoms. The Balaban J connectivity index is 1.14. The number of hydrogen-bond donors (Lipinski definition) is 3. The Hall–Kier alpha value is -2.67. The van der Waals surface area contributed by atoms with Crippen molar-refractivity contribution in [3.05, 3.63) is 36.0 Å².